The fourth-order valence-corrected chi connectivity index (χ4v) is 5.37. The first-order valence-electron chi connectivity index (χ1n) is 11.7. The molecule has 1 N–H and O–H groups in total. The smallest absolute Gasteiger partial charge is 0.227 e. The molecule has 1 aromatic rings. The Bertz CT molecular complexity index is 735. The van der Waals surface area contributed by atoms with Gasteiger partial charge in [-0.05, 0) is 45.2 Å². The van der Waals surface area contributed by atoms with Crippen LogP contribution in [-0.4, -0.2) is 64.0 Å². The molecular formula is C22H35N5O3. The molecule has 0 radical (unpaired) electrons. The maximum atomic E-state index is 12.7. The zero-order valence-corrected chi connectivity index (χ0v) is 18.2. The second-order valence-electron chi connectivity index (χ2n) is 9.21. The zero-order valence-electron chi connectivity index (χ0n) is 18.2. The number of amides is 2. The summed E-state index contributed by atoms with van der Waals surface area (Å²) in [6.07, 6.45) is 10.5. The number of nitrogens with one attached hydrogen (secondary N) is 1. The van der Waals surface area contributed by atoms with E-state index >= 15 is 0 Å². The van der Waals surface area contributed by atoms with Crippen LogP contribution in [0.4, 0.5) is 0 Å². The first-order valence-corrected chi connectivity index (χ1v) is 11.7. The van der Waals surface area contributed by atoms with Crippen molar-refractivity contribution >= 4 is 11.8 Å². The molecule has 1 saturated carbocycles. The van der Waals surface area contributed by atoms with E-state index in [1.54, 1.807) is 0 Å². The van der Waals surface area contributed by atoms with Gasteiger partial charge in [-0.25, -0.2) is 0 Å². The predicted octanol–water partition coefficient (Wildman–Crippen LogP) is 2.38. The SMILES string of the molecule is CC(=O)NC1(c2noc(CCC(=O)N3CCC(N4CCCC4)C3)n2)CCCCCC1. The number of aryl methyl sites for hydroxylation is 1. The topological polar surface area (TPSA) is 91.6 Å². The Kier molecular flexibility index (Phi) is 6.71. The van der Waals surface area contributed by atoms with Gasteiger partial charge in [0.25, 0.3) is 0 Å². The molecule has 8 nitrogen and oxygen atoms in total. The molecule has 0 spiro atoms. The fourth-order valence-electron chi connectivity index (χ4n) is 5.37. The minimum atomic E-state index is -0.536. The van der Waals surface area contributed by atoms with E-state index in [4.69, 9.17) is 4.52 Å². The van der Waals surface area contributed by atoms with Crippen molar-refractivity contribution in [3.8, 4) is 0 Å². The molecule has 30 heavy (non-hydrogen) atoms. The molecule has 1 unspecified atom stereocenters. The van der Waals surface area contributed by atoms with Crippen molar-refractivity contribution in [2.75, 3.05) is 26.2 Å². The van der Waals surface area contributed by atoms with E-state index in [0.717, 1.165) is 58.0 Å². The average molecular weight is 418 g/mol. The van der Waals surface area contributed by atoms with Crippen LogP contribution >= 0.6 is 0 Å². The lowest BCUT2D eigenvalue weighted by Crippen LogP contribution is -2.45. The summed E-state index contributed by atoms with van der Waals surface area (Å²) >= 11 is 0. The van der Waals surface area contributed by atoms with E-state index in [-0.39, 0.29) is 11.8 Å². The van der Waals surface area contributed by atoms with Crippen molar-refractivity contribution in [1.29, 1.82) is 0 Å². The normalized spacial score (nSPS) is 24.7. The highest BCUT2D eigenvalue weighted by molar-refractivity contribution is 5.76. The van der Waals surface area contributed by atoms with Crippen LogP contribution < -0.4 is 5.32 Å². The van der Waals surface area contributed by atoms with E-state index in [2.05, 4.69) is 20.4 Å². The Labute approximate surface area is 178 Å². The van der Waals surface area contributed by atoms with Gasteiger partial charge in [0.2, 0.25) is 17.7 Å². The van der Waals surface area contributed by atoms with Crippen LogP contribution in [0, 0.1) is 0 Å². The van der Waals surface area contributed by atoms with Crippen molar-refractivity contribution in [2.45, 2.75) is 89.1 Å². The van der Waals surface area contributed by atoms with Crippen LogP contribution in [0.15, 0.2) is 4.52 Å². The third-order valence-corrected chi connectivity index (χ3v) is 6.99. The summed E-state index contributed by atoms with van der Waals surface area (Å²) in [5.41, 5.74) is -0.536. The van der Waals surface area contributed by atoms with Crippen molar-refractivity contribution in [2.24, 2.45) is 0 Å². The molecule has 0 aromatic carbocycles. The quantitative estimate of drug-likeness (QED) is 0.715. The first kappa shape index (κ1) is 21.3. The van der Waals surface area contributed by atoms with Crippen molar-refractivity contribution in [3.05, 3.63) is 11.7 Å². The Hall–Kier alpha value is -1.96. The van der Waals surface area contributed by atoms with Crippen LogP contribution in [0.1, 0.15) is 82.8 Å². The standard InChI is InChI=1S/C22H35N5O3/c1-17(28)24-22(11-4-2-3-5-12-22)21-23-19(30-25-21)8-9-20(29)27-15-10-18(16-27)26-13-6-7-14-26/h18H,2-16H2,1H3,(H,24,28). The largest absolute Gasteiger partial charge is 0.343 e. The Balaban J connectivity index is 1.33. The molecule has 1 aromatic heterocycles. The number of nitrogens with zero attached hydrogens (tertiary/aromatic N) is 4. The maximum Gasteiger partial charge on any atom is 0.227 e. The van der Waals surface area contributed by atoms with E-state index in [0.29, 0.717) is 30.6 Å². The molecule has 4 rings (SSSR count). The number of rotatable bonds is 6. The second kappa shape index (κ2) is 9.45. The van der Waals surface area contributed by atoms with Crippen LogP contribution in [0.25, 0.3) is 0 Å². The van der Waals surface area contributed by atoms with E-state index in [9.17, 15) is 9.59 Å². The van der Waals surface area contributed by atoms with Crippen molar-refractivity contribution < 1.29 is 14.1 Å². The summed E-state index contributed by atoms with van der Waals surface area (Å²) < 4.78 is 5.49. The van der Waals surface area contributed by atoms with Gasteiger partial charge in [-0.1, -0.05) is 30.8 Å². The maximum absolute atomic E-state index is 12.7. The van der Waals surface area contributed by atoms with Gasteiger partial charge in [0, 0.05) is 38.9 Å². The van der Waals surface area contributed by atoms with Gasteiger partial charge in [-0.15, -0.1) is 0 Å². The van der Waals surface area contributed by atoms with E-state index in [1.807, 2.05) is 4.90 Å². The molecule has 166 valence electrons. The molecule has 2 amide bonds. The molecule has 3 aliphatic rings. The number of likely N-dealkylation sites (tertiary alicyclic amines) is 2. The summed E-state index contributed by atoms with van der Waals surface area (Å²) in [5.74, 6) is 1.16. The van der Waals surface area contributed by atoms with Crippen LogP contribution in [0.2, 0.25) is 0 Å². The van der Waals surface area contributed by atoms with Crippen LogP contribution in [0.5, 0.6) is 0 Å². The molecular weight excluding hydrogens is 382 g/mol. The molecule has 0 bridgehead atoms. The average Bonchev–Trinajstić information content (AvgIpc) is 3.47. The number of carbonyl (C=O) groups excluding carboxylic acids is 2. The fraction of sp³-hybridized carbons (Fsp3) is 0.818. The zero-order chi connectivity index (χ0) is 21.0. The van der Waals surface area contributed by atoms with Gasteiger partial charge in [0.15, 0.2) is 5.82 Å². The highest BCUT2D eigenvalue weighted by atomic mass is 16.5. The summed E-state index contributed by atoms with van der Waals surface area (Å²) in [7, 11) is 0. The molecule has 3 fully saturated rings. The molecule has 2 saturated heterocycles. The minimum absolute atomic E-state index is 0.0694. The summed E-state index contributed by atoms with van der Waals surface area (Å²) in [4.78, 5) is 33.7. The van der Waals surface area contributed by atoms with Crippen molar-refractivity contribution in [3.63, 3.8) is 0 Å². The van der Waals surface area contributed by atoms with Gasteiger partial charge in [0.1, 0.15) is 5.54 Å². The monoisotopic (exact) mass is 417 g/mol. The van der Waals surface area contributed by atoms with Crippen LogP contribution in [0.3, 0.4) is 0 Å². The summed E-state index contributed by atoms with van der Waals surface area (Å²) in [6, 6.07) is 0.527. The summed E-state index contributed by atoms with van der Waals surface area (Å²) in [6.45, 7) is 5.58. The first-order chi connectivity index (χ1) is 14.6. The molecule has 3 heterocycles. The molecule has 1 aliphatic carbocycles. The Morgan fingerprint density at radius 2 is 1.83 bits per heavy atom. The van der Waals surface area contributed by atoms with Gasteiger partial charge >= 0.3 is 0 Å². The lowest BCUT2D eigenvalue weighted by molar-refractivity contribution is -0.130. The third kappa shape index (κ3) is 4.85. The highest BCUT2D eigenvalue weighted by Crippen LogP contribution is 2.34. The van der Waals surface area contributed by atoms with E-state index < -0.39 is 5.54 Å². The minimum Gasteiger partial charge on any atom is -0.343 e. The van der Waals surface area contributed by atoms with Gasteiger partial charge < -0.3 is 14.7 Å². The number of hydrogen-bond acceptors (Lipinski definition) is 6. The molecule has 8 heteroatoms. The number of hydrogen-bond donors (Lipinski definition) is 1. The Morgan fingerprint density at radius 3 is 2.53 bits per heavy atom. The lowest BCUT2D eigenvalue weighted by Gasteiger charge is -2.30. The Morgan fingerprint density at radius 1 is 1.10 bits per heavy atom. The molecule has 2 aliphatic heterocycles. The van der Waals surface area contributed by atoms with Gasteiger partial charge in [0.05, 0.1) is 0 Å². The lowest BCUT2D eigenvalue weighted by atomic mass is 9.89. The number of carbonyl (C=O) groups is 2. The van der Waals surface area contributed by atoms with Crippen molar-refractivity contribution in [1.82, 2.24) is 25.3 Å². The third-order valence-electron chi connectivity index (χ3n) is 6.99. The van der Waals surface area contributed by atoms with Gasteiger partial charge in [-0.3, -0.25) is 14.5 Å². The molecule has 1 atom stereocenters. The van der Waals surface area contributed by atoms with Crippen LogP contribution in [-0.2, 0) is 21.5 Å². The van der Waals surface area contributed by atoms with E-state index in [1.165, 1.54) is 32.9 Å². The van der Waals surface area contributed by atoms with Gasteiger partial charge in [-0.2, -0.15) is 4.98 Å². The highest BCUT2D eigenvalue weighted by Gasteiger charge is 2.38. The number of aromatic nitrogens is 2. The predicted molar refractivity (Wildman–Crippen MR) is 112 cm³/mol. The summed E-state index contributed by atoms with van der Waals surface area (Å²) in [5, 5.41) is 7.32. The second-order valence-corrected chi connectivity index (χ2v) is 9.21.